The molecule has 0 fully saturated rings. The molecule has 0 spiro atoms. The van der Waals surface area contributed by atoms with Gasteiger partial charge in [0.1, 0.15) is 0 Å². The Hall–Kier alpha value is -2.85. The second-order valence-corrected chi connectivity index (χ2v) is 6.54. The lowest BCUT2D eigenvalue weighted by molar-refractivity contribution is -0.122. The molecule has 2 heterocycles. The maximum absolute atomic E-state index is 12.1. The molecule has 1 unspecified atom stereocenters. The minimum absolute atomic E-state index is 0.00553. The molecule has 1 aromatic heterocycles. The van der Waals surface area contributed by atoms with E-state index in [0.29, 0.717) is 38.1 Å². The van der Waals surface area contributed by atoms with Crippen LogP contribution in [0.2, 0.25) is 0 Å². The number of fused-ring (bicyclic) bond motifs is 1. The Kier molecular flexibility index (Phi) is 5.54. The lowest BCUT2D eigenvalue weighted by Gasteiger charge is -2.36. The van der Waals surface area contributed by atoms with Crippen molar-refractivity contribution in [3.05, 3.63) is 47.5 Å². The third kappa shape index (κ3) is 4.03. The number of methoxy groups -OCH3 is 1. The van der Waals surface area contributed by atoms with Gasteiger partial charge in [0.15, 0.2) is 0 Å². The van der Waals surface area contributed by atoms with Crippen molar-refractivity contribution in [2.75, 3.05) is 25.2 Å². The zero-order valence-electron chi connectivity index (χ0n) is 15.1. The van der Waals surface area contributed by atoms with E-state index in [1.54, 1.807) is 13.4 Å². The average Bonchev–Trinajstić information content (AvgIpc) is 3.04. The molecule has 1 N–H and O–H groups in total. The number of nitriles is 1. The third-order valence-corrected chi connectivity index (χ3v) is 4.62. The van der Waals surface area contributed by atoms with Gasteiger partial charge in [0.2, 0.25) is 5.91 Å². The fourth-order valence-electron chi connectivity index (χ4n) is 3.29. The standard InChI is InChI=1S/C19H23N5O2/c1-23-13-21-10-17(23)12-24-11-16(22-19(25)5-6-26-2)8-15-7-14(9-20)3-4-18(15)24/h3-4,7,10,13,16H,5-6,8,11-12H2,1-2H3,(H,22,25). The van der Waals surface area contributed by atoms with Gasteiger partial charge in [0, 0.05) is 39.0 Å². The third-order valence-electron chi connectivity index (χ3n) is 4.62. The van der Waals surface area contributed by atoms with Crippen molar-refractivity contribution in [1.29, 1.82) is 5.26 Å². The normalized spacial score (nSPS) is 16.0. The molecule has 1 aliphatic rings. The summed E-state index contributed by atoms with van der Waals surface area (Å²) in [6, 6.07) is 7.94. The van der Waals surface area contributed by atoms with Crippen LogP contribution in [0.3, 0.4) is 0 Å². The number of amides is 1. The second-order valence-electron chi connectivity index (χ2n) is 6.54. The molecule has 26 heavy (non-hydrogen) atoms. The molecular formula is C19H23N5O2. The highest BCUT2D eigenvalue weighted by Gasteiger charge is 2.26. The number of hydrogen-bond donors (Lipinski definition) is 1. The predicted octanol–water partition coefficient (Wildman–Crippen LogP) is 1.38. The molecule has 1 aliphatic heterocycles. The summed E-state index contributed by atoms with van der Waals surface area (Å²) >= 11 is 0. The van der Waals surface area contributed by atoms with Crippen LogP contribution in [0.15, 0.2) is 30.7 Å². The van der Waals surface area contributed by atoms with Crippen LogP contribution in [-0.2, 0) is 29.5 Å². The number of carbonyl (C=O) groups is 1. The number of rotatable bonds is 6. The van der Waals surface area contributed by atoms with Gasteiger partial charge in [0.05, 0.1) is 42.8 Å². The van der Waals surface area contributed by atoms with Gasteiger partial charge in [-0.1, -0.05) is 0 Å². The molecule has 3 rings (SSSR count). The topological polar surface area (TPSA) is 83.2 Å². The molecule has 1 amide bonds. The zero-order valence-corrected chi connectivity index (χ0v) is 15.1. The highest BCUT2D eigenvalue weighted by Crippen LogP contribution is 2.29. The van der Waals surface area contributed by atoms with Crippen molar-refractivity contribution in [2.24, 2.45) is 7.05 Å². The van der Waals surface area contributed by atoms with Crippen LogP contribution in [0.25, 0.3) is 0 Å². The molecule has 0 radical (unpaired) electrons. The first kappa shape index (κ1) is 18.0. The van der Waals surface area contributed by atoms with E-state index in [0.717, 1.165) is 16.9 Å². The molecule has 0 saturated heterocycles. The summed E-state index contributed by atoms with van der Waals surface area (Å²) in [6.45, 7) is 1.81. The van der Waals surface area contributed by atoms with Gasteiger partial charge >= 0.3 is 0 Å². The minimum Gasteiger partial charge on any atom is -0.384 e. The highest BCUT2D eigenvalue weighted by atomic mass is 16.5. The van der Waals surface area contributed by atoms with Crippen LogP contribution < -0.4 is 10.2 Å². The first-order valence-electron chi connectivity index (χ1n) is 8.62. The van der Waals surface area contributed by atoms with Crippen LogP contribution in [0, 0.1) is 11.3 Å². The van der Waals surface area contributed by atoms with Gasteiger partial charge in [-0.15, -0.1) is 0 Å². The Bertz CT molecular complexity index is 824. The summed E-state index contributed by atoms with van der Waals surface area (Å²) in [5.74, 6) is -0.0165. The number of imidazole rings is 1. The van der Waals surface area contributed by atoms with E-state index in [1.807, 2.05) is 36.0 Å². The van der Waals surface area contributed by atoms with Crippen molar-refractivity contribution >= 4 is 11.6 Å². The first-order chi connectivity index (χ1) is 12.6. The number of nitrogens with zero attached hydrogens (tertiary/aromatic N) is 4. The van der Waals surface area contributed by atoms with Gasteiger partial charge < -0.3 is 19.5 Å². The number of hydrogen-bond acceptors (Lipinski definition) is 5. The van der Waals surface area contributed by atoms with Crippen molar-refractivity contribution in [2.45, 2.75) is 25.4 Å². The Labute approximate surface area is 153 Å². The Balaban J connectivity index is 1.82. The molecule has 0 aliphatic carbocycles. The van der Waals surface area contributed by atoms with Crippen molar-refractivity contribution in [3.8, 4) is 6.07 Å². The second kappa shape index (κ2) is 8.02. The highest BCUT2D eigenvalue weighted by molar-refractivity contribution is 5.76. The Morgan fingerprint density at radius 1 is 1.50 bits per heavy atom. The Morgan fingerprint density at radius 3 is 3.04 bits per heavy atom. The summed E-state index contributed by atoms with van der Waals surface area (Å²) < 4.78 is 6.97. The van der Waals surface area contributed by atoms with Crippen molar-refractivity contribution < 1.29 is 9.53 Å². The smallest absolute Gasteiger partial charge is 0.222 e. The Morgan fingerprint density at radius 2 is 2.35 bits per heavy atom. The minimum atomic E-state index is -0.0165. The summed E-state index contributed by atoms with van der Waals surface area (Å²) in [5, 5.41) is 12.3. The number of ether oxygens (including phenoxy) is 1. The largest absolute Gasteiger partial charge is 0.384 e. The summed E-state index contributed by atoms with van der Waals surface area (Å²) in [7, 11) is 3.55. The fourth-order valence-corrected chi connectivity index (χ4v) is 3.29. The van der Waals surface area contributed by atoms with E-state index in [-0.39, 0.29) is 11.9 Å². The lowest BCUT2D eigenvalue weighted by atomic mass is 9.95. The van der Waals surface area contributed by atoms with Crippen LogP contribution in [0.1, 0.15) is 23.2 Å². The number of anilines is 1. The fraction of sp³-hybridized carbons (Fsp3) is 0.421. The van der Waals surface area contributed by atoms with Crippen LogP contribution >= 0.6 is 0 Å². The van der Waals surface area contributed by atoms with Crippen LogP contribution in [0.5, 0.6) is 0 Å². The quantitative estimate of drug-likeness (QED) is 0.848. The molecule has 0 saturated carbocycles. The summed E-state index contributed by atoms with van der Waals surface area (Å²) in [5.41, 5.74) is 3.91. The van der Waals surface area contributed by atoms with E-state index in [4.69, 9.17) is 4.74 Å². The zero-order chi connectivity index (χ0) is 18.5. The predicted molar refractivity (Wildman–Crippen MR) is 97.5 cm³/mol. The van der Waals surface area contributed by atoms with Crippen LogP contribution in [-0.4, -0.2) is 41.8 Å². The summed E-state index contributed by atoms with van der Waals surface area (Å²) in [6.07, 6.45) is 4.69. The molecular weight excluding hydrogens is 330 g/mol. The monoisotopic (exact) mass is 353 g/mol. The molecule has 2 aromatic rings. The maximum Gasteiger partial charge on any atom is 0.222 e. The molecule has 7 heteroatoms. The molecule has 136 valence electrons. The van der Waals surface area contributed by atoms with E-state index in [9.17, 15) is 10.1 Å². The van der Waals surface area contributed by atoms with E-state index in [1.165, 1.54) is 0 Å². The van der Waals surface area contributed by atoms with Crippen molar-refractivity contribution in [3.63, 3.8) is 0 Å². The van der Waals surface area contributed by atoms with Crippen LogP contribution in [0.4, 0.5) is 5.69 Å². The summed E-state index contributed by atoms with van der Waals surface area (Å²) in [4.78, 5) is 18.5. The number of aromatic nitrogens is 2. The number of aryl methyl sites for hydroxylation is 1. The molecule has 1 aromatic carbocycles. The molecule has 0 bridgehead atoms. The van der Waals surface area contributed by atoms with Gasteiger partial charge in [-0.25, -0.2) is 4.98 Å². The van der Waals surface area contributed by atoms with Gasteiger partial charge in [0.25, 0.3) is 0 Å². The SMILES string of the molecule is COCCC(=O)NC1Cc2cc(C#N)ccc2N(Cc2cncn2C)C1. The van der Waals surface area contributed by atoms with E-state index < -0.39 is 0 Å². The van der Waals surface area contributed by atoms with Crippen molar-refractivity contribution in [1.82, 2.24) is 14.9 Å². The lowest BCUT2D eigenvalue weighted by Crippen LogP contribution is -2.48. The molecule has 7 nitrogen and oxygen atoms in total. The molecule has 1 atom stereocenters. The average molecular weight is 353 g/mol. The number of benzene rings is 1. The van der Waals surface area contributed by atoms with E-state index in [2.05, 4.69) is 21.3 Å². The maximum atomic E-state index is 12.1. The van der Waals surface area contributed by atoms with Gasteiger partial charge in [-0.05, 0) is 30.2 Å². The number of nitrogens with one attached hydrogen (secondary N) is 1. The van der Waals surface area contributed by atoms with E-state index >= 15 is 0 Å². The van der Waals surface area contributed by atoms with Gasteiger partial charge in [-0.3, -0.25) is 4.79 Å². The number of carbonyl (C=O) groups excluding carboxylic acids is 1. The first-order valence-corrected chi connectivity index (χ1v) is 8.62. The van der Waals surface area contributed by atoms with Gasteiger partial charge in [-0.2, -0.15) is 5.26 Å².